The van der Waals surface area contributed by atoms with Gasteiger partial charge in [-0.25, -0.2) is 4.79 Å². The maximum atomic E-state index is 12.7. The summed E-state index contributed by atoms with van der Waals surface area (Å²) in [6.45, 7) is -0.203. The number of carbonyl (C=O) groups is 3. The molecule has 4 amide bonds. The normalized spacial score (nSPS) is 24.3. The van der Waals surface area contributed by atoms with E-state index in [2.05, 4.69) is 16.7 Å². The van der Waals surface area contributed by atoms with Crippen molar-refractivity contribution in [2.24, 2.45) is 0 Å². The lowest BCUT2D eigenvalue weighted by atomic mass is 9.82. The van der Waals surface area contributed by atoms with Crippen LogP contribution in [0.15, 0.2) is 24.3 Å². The van der Waals surface area contributed by atoms with Crippen LogP contribution in [0.5, 0.6) is 0 Å². The van der Waals surface area contributed by atoms with Gasteiger partial charge in [-0.3, -0.25) is 14.5 Å². The second-order valence-electron chi connectivity index (χ2n) is 7.32. The van der Waals surface area contributed by atoms with Crippen LogP contribution in [0.2, 0.25) is 0 Å². The molecule has 1 aromatic carbocycles. The summed E-state index contributed by atoms with van der Waals surface area (Å²) in [6.07, 6.45) is 6.10. The number of amides is 4. The molecule has 6 nitrogen and oxygen atoms in total. The Labute approximate surface area is 147 Å². The summed E-state index contributed by atoms with van der Waals surface area (Å²) in [5.74, 6) is -0.516. The highest BCUT2D eigenvalue weighted by Crippen LogP contribution is 2.34. The molecular formula is C19H23N3O3. The molecule has 1 saturated carbocycles. The maximum Gasteiger partial charge on any atom is 0.325 e. The van der Waals surface area contributed by atoms with E-state index in [1.54, 1.807) is 0 Å². The third kappa shape index (κ3) is 2.79. The van der Waals surface area contributed by atoms with E-state index in [-0.39, 0.29) is 24.4 Å². The third-order valence-corrected chi connectivity index (χ3v) is 5.72. The summed E-state index contributed by atoms with van der Waals surface area (Å²) in [7, 11) is 0. The standard InChI is InChI=1S/C19H23N3O3/c23-16(20-15-9-8-13-6-2-3-7-14(13)15)12-22-17(24)19(21-18(22)25)10-4-1-5-11-19/h2-3,6-7,15H,1,4-5,8-12H2,(H,20,23)(H,21,25). The van der Waals surface area contributed by atoms with Gasteiger partial charge < -0.3 is 10.6 Å². The maximum absolute atomic E-state index is 12.7. The number of aryl methyl sites for hydroxylation is 1. The summed E-state index contributed by atoms with van der Waals surface area (Å²) >= 11 is 0. The minimum absolute atomic E-state index is 0.0342. The average Bonchev–Trinajstić information content (AvgIpc) is 3.11. The number of imide groups is 1. The van der Waals surface area contributed by atoms with Crippen molar-refractivity contribution in [2.45, 2.75) is 56.5 Å². The molecule has 2 fully saturated rings. The van der Waals surface area contributed by atoms with E-state index >= 15 is 0 Å². The third-order valence-electron chi connectivity index (χ3n) is 5.72. The van der Waals surface area contributed by atoms with Crippen molar-refractivity contribution in [1.82, 2.24) is 15.5 Å². The number of carbonyl (C=O) groups excluding carboxylic acids is 3. The van der Waals surface area contributed by atoms with Gasteiger partial charge in [-0.2, -0.15) is 0 Å². The molecule has 25 heavy (non-hydrogen) atoms. The molecule has 1 aromatic rings. The summed E-state index contributed by atoms with van der Waals surface area (Å²) in [5.41, 5.74) is 1.62. The van der Waals surface area contributed by atoms with Gasteiger partial charge >= 0.3 is 6.03 Å². The van der Waals surface area contributed by atoms with Crippen LogP contribution in [0.4, 0.5) is 4.79 Å². The molecule has 0 aromatic heterocycles. The van der Waals surface area contributed by atoms with E-state index in [1.165, 1.54) is 5.56 Å². The zero-order chi connectivity index (χ0) is 17.4. The average molecular weight is 341 g/mol. The van der Waals surface area contributed by atoms with Crippen LogP contribution in [0.1, 0.15) is 55.7 Å². The predicted octanol–water partition coefficient (Wildman–Crippen LogP) is 2.04. The molecule has 3 aliphatic rings. The van der Waals surface area contributed by atoms with Gasteiger partial charge in [0.15, 0.2) is 0 Å². The van der Waals surface area contributed by atoms with Crippen molar-refractivity contribution in [1.29, 1.82) is 0 Å². The first-order valence-electron chi connectivity index (χ1n) is 9.10. The monoisotopic (exact) mass is 341 g/mol. The quantitative estimate of drug-likeness (QED) is 0.826. The fourth-order valence-corrected chi connectivity index (χ4v) is 4.40. The lowest BCUT2D eigenvalue weighted by molar-refractivity contribution is -0.136. The SMILES string of the molecule is O=C(CN1C(=O)NC2(CCCCC2)C1=O)NC1CCc2ccccc21. The molecule has 2 N–H and O–H groups in total. The van der Waals surface area contributed by atoms with Gasteiger partial charge in [0.2, 0.25) is 5.91 Å². The van der Waals surface area contributed by atoms with Crippen LogP contribution in [-0.4, -0.2) is 34.8 Å². The summed E-state index contributed by atoms with van der Waals surface area (Å²) in [6, 6.07) is 7.60. The summed E-state index contributed by atoms with van der Waals surface area (Å²) in [5, 5.41) is 5.82. The van der Waals surface area contributed by atoms with Crippen LogP contribution in [0.3, 0.4) is 0 Å². The first-order valence-corrected chi connectivity index (χ1v) is 9.10. The van der Waals surface area contributed by atoms with Gasteiger partial charge in [-0.15, -0.1) is 0 Å². The highest BCUT2D eigenvalue weighted by molar-refractivity contribution is 6.09. The van der Waals surface area contributed by atoms with Crippen molar-refractivity contribution < 1.29 is 14.4 Å². The van der Waals surface area contributed by atoms with E-state index in [0.29, 0.717) is 12.8 Å². The van der Waals surface area contributed by atoms with Crippen LogP contribution in [0, 0.1) is 0 Å². The molecule has 132 valence electrons. The van der Waals surface area contributed by atoms with Gasteiger partial charge in [-0.1, -0.05) is 43.5 Å². The topological polar surface area (TPSA) is 78.5 Å². The minimum atomic E-state index is -0.768. The number of benzene rings is 1. The Hall–Kier alpha value is -2.37. The second-order valence-corrected chi connectivity index (χ2v) is 7.32. The van der Waals surface area contributed by atoms with E-state index in [9.17, 15) is 14.4 Å². The van der Waals surface area contributed by atoms with E-state index < -0.39 is 11.6 Å². The molecule has 0 radical (unpaired) electrons. The Morgan fingerprint density at radius 3 is 2.76 bits per heavy atom. The summed E-state index contributed by atoms with van der Waals surface area (Å²) < 4.78 is 0. The zero-order valence-corrected chi connectivity index (χ0v) is 14.2. The first kappa shape index (κ1) is 16.1. The van der Waals surface area contributed by atoms with E-state index in [0.717, 1.165) is 42.6 Å². The Bertz CT molecular complexity index is 724. The lowest BCUT2D eigenvalue weighted by Gasteiger charge is -2.30. The molecular weight excluding hydrogens is 318 g/mol. The minimum Gasteiger partial charge on any atom is -0.348 e. The number of fused-ring (bicyclic) bond motifs is 1. The van der Waals surface area contributed by atoms with Gasteiger partial charge in [0.05, 0.1) is 6.04 Å². The van der Waals surface area contributed by atoms with Crippen molar-refractivity contribution in [3.05, 3.63) is 35.4 Å². The van der Waals surface area contributed by atoms with Crippen LogP contribution in [-0.2, 0) is 16.0 Å². The predicted molar refractivity (Wildman–Crippen MR) is 91.7 cm³/mol. The molecule has 1 unspecified atom stereocenters. The molecule has 1 heterocycles. The number of rotatable bonds is 3. The number of nitrogens with zero attached hydrogens (tertiary/aromatic N) is 1. The molecule has 1 aliphatic heterocycles. The lowest BCUT2D eigenvalue weighted by Crippen LogP contribution is -2.49. The van der Waals surface area contributed by atoms with Gasteiger partial charge in [-0.05, 0) is 36.8 Å². The van der Waals surface area contributed by atoms with E-state index in [1.807, 2.05) is 18.2 Å². The highest BCUT2D eigenvalue weighted by atomic mass is 16.2. The van der Waals surface area contributed by atoms with Gasteiger partial charge in [0.1, 0.15) is 12.1 Å². The largest absolute Gasteiger partial charge is 0.348 e. The number of hydrogen-bond acceptors (Lipinski definition) is 3. The van der Waals surface area contributed by atoms with E-state index in [4.69, 9.17) is 0 Å². The Balaban J connectivity index is 1.41. The van der Waals surface area contributed by atoms with Gasteiger partial charge in [0, 0.05) is 0 Å². The fraction of sp³-hybridized carbons (Fsp3) is 0.526. The zero-order valence-electron chi connectivity index (χ0n) is 14.2. The van der Waals surface area contributed by atoms with Gasteiger partial charge in [0.25, 0.3) is 5.91 Å². The fourth-order valence-electron chi connectivity index (χ4n) is 4.40. The number of hydrogen-bond donors (Lipinski definition) is 2. The Kier molecular flexibility index (Phi) is 3.98. The molecule has 6 heteroatoms. The first-order chi connectivity index (χ1) is 12.1. The number of urea groups is 1. The molecule has 0 bridgehead atoms. The van der Waals surface area contributed by atoms with Crippen molar-refractivity contribution in [2.75, 3.05) is 6.54 Å². The Morgan fingerprint density at radius 2 is 1.96 bits per heavy atom. The smallest absolute Gasteiger partial charge is 0.325 e. The molecule has 1 saturated heterocycles. The Morgan fingerprint density at radius 1 is 1.20 bits per heavy atom. The van der Waals surface area contributed by atoms with Crippen molar-refractivity contribution in [3.63, 3.8) is 0 Å². The number of nitrogens with one attached hydrogen (secondary N) is 2. The van der Waals surface area contributed by atoms with Crippen molar-refractivity contribution in [3.8, 4) is 0 Å². The van der Waals surface area contributed by atoms with Crippen LogP contribution >= 0.6 is 0 Å². The summed E-state index contributed by atoms with van der Waals surface area (Å²) in [4.78, 5) is 38.5. The van der Waals surface area contributed by atoms with Crippen LogP contribution < -0.4 is 10.6 Å². The molecule has 1 spiro atoms. The second kappa shape index (κ2) is 6.17. The molecule has 1 atom stereocenters. The molecule has 2 aliphatic carbocycles. The van der Waals surface area contributed by atoms with Crippen molar-refractivity contribution >= 4 is 17.8 Å². The highest BCUT2D eigenvalue weighted by Gasteiger charge is 2.51. The molecule has 4 rings (SSSR count). The van der Waals surface area contributed by atoms with Crippen LogP contribution in [0.25, 0.3) is 0 Å².